The molecule has 0 N–H and O–H groups in total. The van der Waals surface area contributed by atoms with Crippen LogP contribution in [0.15, 0.2) is 24.3 Å². The van der Waals surface area contributed by atoms with Crippen LogP contribution in [-0.4, -0.2) is 17.5 Å². The van der Waals surface area contributed by atoms with Crippen molar-refractivity contribution < 1.29 is 9.47 Å². The van der Waals surface area contributed by atoms with Crippen molar-refractivity contribution in [1.82, 2.24) is 0 Å². The van der Waals surface area contributed by atoms with E-state index in [4.69, 9.17) is 9.47 Å². The maximum Gasteiger partial charge on any atom is 0.119 e. The highest BCUT2D eigenvalue weighted by atomic mass is 79.9. The molecule has 0 bridgehead atoms. The highest BCUT2D eigenvalue weighted by Gasteiger charge is 2.28. The van der Waals surface area contributed by atoms with E-state index >= 15 is 0 Å². The Morgan fingerprint density at radius 1 is 1.19 bits per heavy atom. The van der Waals surface area contributed by atoms with Crippen LogP contribution in [0.3, 0.4) is 0 Å². The van der Waals surface area contributed by atoms with Gasteiger partial charge in [0.2, 0.25) is 0 Å². The van der Waals surface area contributed by atoms with E-state index in [9.17, 15) is 0 Å². The van der Waals surface area contributed by atoms with E-state index in [1.54, 1.807) is 0 Å². The predicted molar refractivity (Wildman–Crippen MR) is 68.6 cm³/mol. The van der Waals surface area contributed by atoms with Crippen molar-refractivity contribution in [2.24, 2.45) is 0 Å². The lowest BCUT2D eigenvalue weighted by molar-refractivity contribution is 0.128. The Morgan fingerprint density at radius 3 is 2.38 bits per heavy atom. The maximum atomic E-state index is 5.79. The van der Waals surface area contributed by atoms with Crippen LogP contribution in [-0.2, 0) is 0 Å². The fourth-order valence-electron chi connectivity index (χ4n) is 1.62. The van der Waals surface area contributed by atoms with Gasteiger partial charge in [-0.1, -0.05) is 22.9 Å². The number of hydrogen-bond acceptors (Lipinski definition) is 2. The van der Waals surface area contributed by atoms with Crippen molar-refractivity contribution in [3.05, 3.63) is 24.3 Å². The minimum absolute atomic E-state index is 0.381. The van der Waals surface area contributed by atoms with Crippen LogP contribution in [0.25, 0.3) is 0 Å². The molecule has 0 aliphatic heterocycles. The highest BCUT2D eigenvalue weighted by molar-refractivity contribution is 9.09. The Labute approximate surface area is 105 Å². The summed E-state index contributed by atoms with van der Waals surface area (Å²) in [6.07, 6.45) is 3.63. The van der Waals surface area contributed by atoms with Crippen LogP contribution < -0.4 is 9.47 Å². The maximum absolute atomic E-state index is 5.79. The molecule has 3 heteroatoms. The number of rotatable bonds is 5. The summed E-state index contributed by atoms with van der Waals surface area (Å²) in [4.78, 5) is 0.643. The Bertz CT molecular complexity index is 317. The van der Waals surface area contributed by atoms with E-state index in [0.29, 0.717) is 10.9 Å². The van der Waals surface area contributed by atoms with Crippen LogP contribution in [0.5, 0.6) is 11.5 Å². The molecule has 2 nitrogen and oxygen atoms in total. The molecule has 1 aliphatic carbocycles. The van der Waals surface area contributed by atoms with Crippen LogP contribution in [0.4, 0.5) is 0 Å². The molecule has 0 aromatic heterocycles. The van der Waals surface area contributed by atoms with Crippen molar-refractivity contribution in [2.75, 3.05) is 6.61 Å². The lowest BCUT2D eigenvalue weighted by atomic mass is 9.96. The normalized spacial score (nSPS) is 23.6. The molecule has 1 aromatic carbocycles. The molecular formula is C13H17BrO2. The van der Waals surface area contributed by atoms with Gasteiger partial charge in [-0.15, -0.1) is 0 Å². The third kappa shape index (κ3) is 3.14. The van der Waals surface area contributed by atoms with E-state index in [0.717, 1.165) is 37.4 Å². The zero-order chi connectivity index (χ0) is 11.4. The Balaban J connectivity index is 1.82. The molecule has 2 rings (SSSR count). The van der Waals surface area contributed by atoms with Crippen LogP contribution in [0, 0.1) is 0 Å². The fraction of sp³-hybridized carbons (Fsp3) is 0.538. The summed E-state index contributed by atoms with van der Waals surface area (Å²) in [6.45, 7) is 2.87. The van der Waals surface area contributed by atoms with Crippen LogP contribution in [0.1, 0.15) is 26.2 Å². The van der Waals surface area contributed by atoms with Crippen molar-refractivity contribution in [1.29, 1.82) is 0 Å². The second-order valence-corrected chi connectivity index (χ2v) is 5.42. The Kier molecular flexibility index (Phi) is 4.10. The van der Waals surface area contributed by atoms with Gasteiger partial charge in [0.1, 0.15) is 17.6 Å². The summed E-state index contributed by atoms with van der Waals surface area (Å²) in [6, 6.07) is 7.89. The van der Waals surface area contributed by atoms with Gasteiger partial charge in [0.15, 0.2) is 0 Å². The number of hydrogen-bond donors (Lipinski definition) is 0. The highest BCUT2D eigenvalue weighted by Crippen LogP contribution is 2.31. The average molecular weight is 285 g/mol. The van der Waals surface area contributed by atoms with Crippen LogP contribution >= 0.6 is 15.9 Å². The first kappa shape index (κ1) is 11.8. The molecule has 88 valence electrons. The summed E-state index contributed by atoms with van der Waals surface area (Å²) in [5.74, 6) is 1.86. The first-order chi connectivity index (χ1) is 7.78. The lowest BCUT2D eigenvalue weighted by Crippen LogP contribution is -2.33. The molecule has 0 amide bonds. The summed E-state index contributed by atoms with van der Waals surface area (Å²) in [7, 11) is 0. The summed E-state index contributed by atoms with van der Waals surface area (Å²) in [5, 5.41) is 0. The molecule has 0 unspecified atom stereocenters. The topological polar surface area (TPSA) is 18.5 Å². The quantitative estimate of drug-likeness (QED) is 0.766. The summed E-state index contributed by atoms with van der Waals surface area (Å²) >= 11 is 3.55. The van der Waals surface area contributed by atoms with Crippen molar-refractivity contribution in [3.63, 3.8) is 0 Å². The Morgan fingerprint density at radius 2 is 1.81 bits per heavy atom. The molecule has 1 fully saturated rings. The molecule has 1 aromatic rings. The molecule has 1 aliphatic rings. The molecule has 1 saturated carbocycles. The lowest BCUT2D eigenvalue weighted by Gasteiger charge is -2.31. The van der Waals surface area contributed by atoms with Gasteiger partial charge >= 0.3 is 0 Å². The second kappa shape index (κ2) is 5.58. The first-order valence-corrected chi connectivity index (χ1v) is 6.73. The monoisotopic (exact) mass is 284 g/mol. The van der Waals surface area contributed by atoms with Gasteiger partial charge in [-0.25, -0.2) is 0 Å². The van der Waals surface area contributed by atoms with Gasteiger partial charge in [-0.2, -0.15) is 0 Å². The van der Waals surface area contributed by atoms with Gasteiger partial charge in [0.25, 0.3) is 0 Å². The van der Waals surface area contributed by atoms with Crippen molar-refractivity contribution >= 4 is 15.9 Å². The molecule has 0 heterocycles. The zero-order valence-electron chi connectivity index (χ0n) is 9.49. The average Bonchev–Trinajstić information content (AvgIpc) is 2.26. The largest absolute Gasteiger partial charge is 0.494 e. The molecule has 0 spiro atoms. The van der Waals surface area contributed by atoms with E-state index in [1.165, 1.54) is 0 Å². The second-order valence-electron chi connectivity index (χ2n) is 4.13. The molecular weight excluding hydrogens is 268 g/mol. The van der Waals surface area contributed by atoms with Gasteiger partial charge < -0.3 is 9.47 Å². The van der Waals surface area contributed by atoms with Crippen molar-refractivity contribution in [3.8, 4) is 11.5 Å². The zero-order valence-corrected chi connectivity index (χ0v) is 11.1. The third-order valence-corrected chi connectivity index (χ3v) is 3.38. The van der Waals surface area contributed by atoms with E-state index in [2.05, 4.69) is 22.9 Å². The van der Waals surface area contributed by atoms with E-state index in [1.807, 2.05) is 24.3 Å². The molecule has 0 saturated heterocycles. The molecule has 0 atom stereocenters. The minimum atomic E-state index is 0.381. The SMILES string of the molecule is CCCOc1ccc(OC2CC(Br)C2)cc1. The van der Waals surface area contributed by atoms with Gasteiger partial charge in [0.05, 0.1) is 6.61 Å². The number of alkyl halides is 1. The number of halogens is 1. The van der Waals surface area contributed by atoms with Gasteiger partial charge in [0, 0.05) is 4.83 Å². The number of benzene rings is 1. The first-order valence-electron chi connectivity index (χ1n) is 5.81. The molecule has 16 heavy (non-hydrogen) atoms. The Hall–Kier alpha value is -0.700. The van der Waals surface area contributed by atoms with Crippen LogP contribution in [0.2, 0.25) is 0 Å². The standard InChI is InChI=1S/C13H17BrO2/c1-2-7-15-11-3-5-12(6-4-11)16-13-8-10(14)9-13/h3-6,10,13H,2,7-9H2,1H3. The van der Waals surface area contributed by atoms with E-state index < -0.39 is 0 Å². The van der Waals surface area contributed by atoms with Gasteiger partial charge in [-0.05, 0) is 43.5 Å². The summed E-state index contributed by atoms with van der Waals surface area (Å²) in [5.41, 5.74) is 0. The fourth-order valence-corrected chi connectivity index (χ4v) is 2.46. The smallest absolute Gasteiger partial charge is 0.119 e. The number of ether oxygens (including phenoxy) is 2. The third-order valence-electron chi connectivity index (χ3n) is 2.64. The van der Waals surface area contributed by atoms with E-state index in [-0.39, 0.29) is 0 Å². The van der Waals surface area contributed by atoms with Crippen molar-refractivity contribution in [2.45, 2.75) is 37.1 Å². The minimum Gasteiger partial charge on any atom is -0.494 e. The predicted octanol–water partition coefficient (Wildman–Crippen LogP) is 3.78. The summed E-state index contributed by atoms with van der Waals surface area (Å²) < 4.78 is 11.3. The molecule has 0 radical (unpaired) electrons. The van der Waals surface area contributed by atoms with Gasteiger partial charge in [-0.3, -0.25) is 0 Å².